The smallest absolute Gasteiger partial charge is 0.170 e. The number of benzene rings is 2. The summed E-state index contributed by atoms with van der Waals surface area (Å²) in [6.07, 6.45) is 1.22. The Morgan fingerprint density at radius 1 is 1.15 bits per heavy atom. The van der Waals surface area contributed by atoms with Crippen LogP contribution < -0.4 is 10.6 Å². The summed E-state index contributed by atoms with van der Waals surface area (Å²) in [5, 5.41) is 7.55. The Balaban J connectivity index is 1.49. The van der Waals surface area contributed by atoms with E-state index >= 15 is 0 Å². The minimum absolute atomic E-state index is 0.471. The molecule has 27 heavy (non-hydrogen) atoms. The molecular formula is C23H31N3S. The molecule has 1 heterocycles. The highest BCUT2D eigenvalue weighted by Gasteiger charge is 2.26. The van der Waals surface area contributed by atoms with Gasteiger partial charge in [0, 0.05) is 24.8 Å². The molecule has 3 nitrogen and oxygen atoms in total. The molecule has 0 bridgehead atoms. The van der Waals surface area contributed by atoms with Crippen molar-refractivity contribution in [1.82, 2.24) is 10.2 Å². The predicted octanol–water partition coefficient (Wildman–Crippen LogP) is 4.98. The van der Waals surface area contributed by atoms with Gasteiger partial charge in [-0.3, -0.25) is 4.90 Å². The van der Waals surface area contributed by atoms with E-state index in [1.807, 2.05) is 0 Å². The zero-order valence-corrected chi connectivity index (χ0v) is 17.7. The molecule has 1 aliphatic heterocycles. The maximum Gasteiger partial charge on any atom is 0.170 e. The molecule has 0 amide bonds. The van der Waals surface area contributed by atoms with Gasteiger partial charge in [0.15, 0.2) is 5.11 Å². The molecule has 0 spiro atoms. The second kappa shape index (κ2) is 8.85. The van der Waals surface area contributed by atoms with Crippen molar-refractivity contribution >= 4 is 23.0 Å². The van der Waals surface area contributed by atoms with Gasteiger partial charge in [0.1, 0.15) is 0 Å². The van der Waals surface area contributed by atoms with Crippen LogP contribution in [0.15, 0.2) is 42.5 Å². The van der Waals surface area contributed by atoms with Crippen molar-refractivity contribution in [3.8, 4) is 0 Å². The number of hydrogen-bond donors (Lipinski definition) is 2. The molecule has 2 aromatic rings. The molecule has 1 saturated heterocycles. The third kappa shape index (κ3) is 5.08. The summed E-state index contributed by atoms with van der Waals surface area (Å²) in [4.78, 5) is 2.58. The first-order valence-electron chi connectivity index (χ1n) is 9.85. The van der Waals surface area contributed by atoms with Crippen molar-refractivity contribution in [1.29, 1.82) is 0 Å². The van der Waals surface area contributed by atoms with Gasteiger partial charge in [-0.2, -0.15) is 0 Å². The van der Waals surface area contributed by atoms with Gasteiger partial charge >= 0.3 is 0 Å². The van der Waals surface area contributed by atoms with Crippen LogP contribution in [-0.4, -0.2) is 29.6 Å². The summed E-state index contributed by atoms with van der Waals surface area (Å²) in [6.45, 7) is 11.9. The molecule has 0 aromatic heterocycles. The number of nitrogens with one attached hydrogen (secondary N) is 2. The van der Waals surface area contributed by atoms with Crippen molar-refractivity contribution in [2.45, 2.75) is 40.2 Å². The van der Waals surface area contributed by atoms with Crippen LogP contribution in [0.1, 0.15) is 41.6 Å². The molecule has 0 aliphatic carbocycles. The fourth-order valence-electron chi connectivity index (χ4n) is 4.10. The average molecular weight is 382 g/mol. The van der Waals surface area contributed by atoms with Crippen molar-refractivity contribution in [2.75, 3.05) is 25.0 Å². The van der Waals surface area contributed by atoms with Crippen molar-refractivity contribution in [3.05, 3.63) is 64.7 Å². The van der Waals surface area contributed by atoms with Gasteiger partial charge in [-0.15, -0.1) is 0 Å². The molecule has 144 valence electrons. The van der Waals surface area contributed by atoms with Crippen LogP contribution in [0.3, 0.4) is 0 Å². The Morgan fingerprint density at radius 2 is 1.81 bits per heavy atom. The van der Waals surface area contributed by atoms with Crippen LogP contribution in [0.4, 0.5) is 5.69 Å². The van der Waals surface area contributed by atoms with Crippen molar-refractivity contribution < 1.29 is 0 Å². The molecule has 3 rings (SSSR count). The first-order valence-corrected chi connectivity index (χ1v) is 10.3. The van der Waals surface area contributed by atoms with Gasteiger partial charge in [-0.1, -0.05) is 48.0 Å². The minimum Gasteiger partial charge on any atom is -0.362 e. The van der Waals surface area contributed by atoms with Gasteiger partial charge in [0.05, 0.1) is 0 Å². The van der Waals surface area contributed by atoms with E-state index in [0.717, 1.165) is 30.4 Å². The molecule has 1 fully saturated rings. The van der Waals surface area contributed by atoms with Crippen LogP contribution in [0, 0.1) is 26.7 Å². The normalized spacial score (nSPS) is 18.3. The number of likely N-dealkylation sites (tertiary alicyclic amines) is 1. The van der Waals surface area contributed by atoms with Gasteiger partial charge in [-0.05, 0) is 75.5 Å². The van der Waals surface area contributed by atoms with Crippen molar-refractivity contribution in [3.63, 3.8) is 0 Å². The predicted molar refractivity (Wildman–Crippen MR) is 119 cm³/mol. The average Bonchev–Trinajstić information content (AvgIpc) is 3.12. The summed E-state index contributed by atoms with van der Waals surface area (Å²) < 4.78 is 0. The molecule has 2 N–H and O–H groups in total. The topological polar surface area (TPSA) is 27.3 Å². The van der Waals surface area contributed by atoms with E-state index in [4.69, 9.17) is 12.2 Å². The lowest BCUT2D eigenvalue weighted by molar-refractivity contribution is 0.253. The highest BCUT2D eigenvalue weighted by molar-refractivity contribution is 7.80. The summed E-state index contributed by atoms with van der Waals surface area (Å²) >= 11 is 5.54. The zero-order chi connectivity index (χ0) is 19.4. The van der Waals surface area contributed by atoms with Crippen LogP contribution >= 0.6 is 12.2 Å². The van der Waals surface area contributed by atoms with Crippen LogP contribution in [-0.2, 0) is 0 Å². The Labute approximate surface area is 169 Å². The third-order valence-corrected chi connectivity index (χ3v) is 5.86. The van der Waals surface area contributed by atoms with E-state index in [-0.39, 0.29) is 0 Å². The van der Waals surface area contributed by atoms with Crippen LogP contribution in [0.2, 0.25) is 0 Å². The summed E-state index contributed by atoms with van der Waals surface area (Å²) in [5.74, 6) is 0.635. The number of aryl methyl sites for hydroxylation is 3. The third-order valence-electron chi connectivity index (χ3n) is 5.61. The maximum atomic E-state index is 5.54. The van der Waals surface area contributed by atoms with E-state index < -0.39 is 0 Å². The SMILES string of the molecule is Cc1cc(C)c(NC(=S)NC[C@@H]2CCN([C@H](C)c3ccccc3)C2)c(C)c1. The number of rotatable bonds is 5. The van der Waals surface area contributed by atoms with E-state index in [0.29, 0.717) is 12.0 Å². The summed E-state index contributed by atoms with van der Waals surface area (Å²) in [5.41, 5.74) is 6.28. The Morgan fingerprint density at radius 3 is 2.48 bits per heavy atom. The van der Waals surface area contributed by atoms with E-state index in [1.165, 1.54) is 28.7 Å². The summed E-state index contributed by atoms with van der Waals surface area (Å²) in [6, 6.07) is 15.6. The lowest BCUT2D eigenvalue weighted by atomic mass is 10.1. The Bertz CT molecular complexity index is 764. The number of anilines is 1. The molecular weight excluding hydrogens is 350 g/mol. The molecule has 4 heteroatoms. The van der Waals surface area contributed by atoms with Gasteiger partial charge in [0.25, 0.3) is 0 Å². The fraction of sp³-hybridized carbons (Fsp3) is 0.435. The van der Waals surface area contributed by atoms with E-state index in [2.05, 4.69) is 85.7 Å². The van der Waals surface area contributed by atoms with Gasteiger partial charge < -0.3 is 10.6 Å². The lowest BCUT2D eigenvalue weighted by Gasteiger charge is -2.25. The highest BCUT2D eigenvalue weighted by atomic mass is 32.1. The largest absolute Gasteiger partial charge is 0.362 e. The van der Waals surface area contributed by atoms with Gasteiger partial charge in [0.2, 0.25) is 0 Å². The van der Waals surface area contributed by atoms with Crippen molar-refractivity contribution in [2.24, 2.45) is 5.92 Å². The van der Waals surface area contributed by atoms with Crippen LogP contribution in [0.5, 0.6) is 0 Å². The monoisotopic (exact) mass is 381 g/mol. The number of nitrogens with zero attached hydrogens (tertiary/aromatic N) is 1. The highest BCUT2D eigenvalue weighted by Crippen LogP contribution is 2.27. The maximum absolute atomic E-state index is 5.54. The molecule has 0 radical (unpaired) electrons. The second-order valence-corrected chi connectivity index (χ2v) is 8.25. The molecule has 0 saturated carbocycles. The molecule has 0 unspecified atom stereocenters. The molecule has 1 aliphatic rings. The number of hydrogen-bond acceptors (Lipinski definition) is 2. The standard InChI is InChI=1S/C23H31N3S/c1-16-12-17(2)22(18(3)13-16)25-23(27)24-14-20-10-11-26(15-20)19(4)21-8-6-5-7-9-21/h5-9,12-13,19-20H,10-11,14-15H2,1-4H3,(H2,24,25,27)/t19-,20+/m1/s1. The quantitative estimate of drug-likeness (QED) is 0.714. The van der Waals surface area contributed by atoms with E-state index in [9.17, 15) is 0 Å². The first-order chi connectivity index (χ1) is 12.9. The number of thiocarbonyl (C=S) groups is 1. The molecule has 2 atom stereocenters. The van der Waals surface area contributed by atoms with Gasteiger partial charge in [-0.25, -0.2) is 0 Å². The molecule has 2 aromatic carbocycles. The zero-order valence-electron chi connectivity index (χ0n) is 16.9. The lowest BCUT2D eigenvalue weighted by Crippen LogP contribution is -2.34. The van der Waals surface area contributed by atoms with Crippen LogP contribution in [0.25, 0.3) is 0 Å². The second-order valence-electron chi connectivity index (χ2n) is 7.85. The Hall–Kier alpha value is -1.91. The Kier molecular flexibility index (Phi) is 6.51. The summed E-state index contributed by atoms with van der Waals surface area (Å²) in [7, 11) is 0. The minimum atomic E-state index is 0.471. The fourth-order valence-corrected chi connectivity index (χ4v) is 4.28. The van der Waals surface area contributed by atoms with E-state index in [1.54, 1.807) is 0 Å². The first kappa shape index (κ1) is 19.8.